The number of hydrogen-bond acceptors (Lipinski definition) is 5. The summed E-state index contributed by atoms with van der Waals surface area (Å²) in [6.07, 6.45) is 0.773. The second-order valence-electron chi connectivity index (χ2n) is 4.43. The number of aromatic nitrogens is 3. The van der Waals surface area contributed by atoms with Gasteiger partial charge in [0.15, 0.2) is 5.16 Å². The molecule has 0 fully saturated rings. The van der Waals surface area contributed by atoms with Crippen molar-refractivity contribution in [1.82, 2.24) is 14.8 Å². The van der Waals surface area contributed by atoms with Crippen molar-refractivity contribution in [3.8, 4) is 0 Å². The van der Waals surface area contributed by atoms with Gasteiger partial charge in [-0.05, 0) is 26.0 Å². The van der Waals surface area contributed by atoms with E-state index >= 15 is 0 Å². The standard InChI is InChI=1S/C13H17N3O2S2/c1-4-11-14-15-13(19-7-12(17)18)16(11)9(3)10-6-5-8(2)20-10/h5-6,9H,4,7H2,1-3H3,(H,17,18). The number of carboxylic acid groups (broad SMARTS) is 1. The summed E-state index contributed by atoms with van der Waals surface area (Å²) in [5, 5.41) is 17.8. The lowest BCUT2D eigenvalue weighted by molar-refractivity contribution is -0.133. The number of aliphatic carboxylic acids is 1. The molecule has 0 bridgehead atoms. The van der Waals surface area contributed by atoms with Crippen molar-refractivity contribution in [1.29, 1.82) is 0 Å². The number of aryl methyl sites for hydroxylation is 2. The SMILES string of the molecule is CCc1nnc(SCC(=O)O)n1C(C)c1ccc(C)s1. The predicted octanol–water partition coefficient (Wildman–Crippen LogP) is 3.00. The Hall–Kier alpha value is -1.34. The zero-order valence-electron chi connectivity index (χ0n) is 11.7. The molecule has 1 unspecified atom stereocenters. The molecule has 2 rings (SSSR count). The molecule has 2 aromatic heterocycles. The monoisotopic (exact) mass is 311 g/mol. The Balaban J connectivity index is 2.32. The third-order valence-electron chi connectivity index (χ3n) is 2.94. The van der Waals surface area contributed by atoms with Crippen molar-refractivity contribution >= 4 is 29.1 Å². The van der Waals surface area contributed by atoms with Crippen LogP contribution in [-0.4, -0.2) is 31.6 Å². The van der Waals surface area contributed by atoms with Gasteiger partial charge in [-0.1, -0.05) is 18.7 Å². The molecule has 0 aliphatic heterocycles. The second-order valence-corrected chi connectivity index (χ2v) is 6.69. The number of hydrogen-bond donors (Lipinski definition) is 1. The van der Waals surface area contributed by atoms with Gasteiger partial charge in [0, 0.05) is 16.2 Å². The number of thioether (sulfide) groups is 1. The average molecular weight is 311 g/mol. The van der Waals surface area contributed by atoms with Gasteiger partial charge >= 0.3 is 5.97 Å². The first-order valence-corrected chi connectivity index (χ1v) is 8.17. The van der Waals surface area contributed by atoms with Crippen LogP contribution < -0.4 is 0 Å². The van der Waals surface area contributed by atoms with E-state index in [0.29, 0.717) is 5.16 Å². The lowest BCUT2D eigenvalue weighted by atomic mass is 10.2. The van der Waals surface area contributed by atoms with Crippen LogP contribution in [0.15, 0.2) is 17.3 Å². The molecule has 0 aliphatic carbocycles. The second kappa shape index (κ2) is 6.41. The van der Waals surface area contributed by atoms with E-state index in [4.69, 9.17) is 5.11 Å². The van der Waals surface area contributed by atoms with E-state index in [1.807, 2.05) is 11.5 Å². The van der Waals surface area contributed by atoms with Crippen molar-refractivity contribution in [2.75, 3.05) is 5.75 Å². The van der Waals surface area contributed by atoms with Crippen molar-refractivity contribution in [3.05, 3.63) is 27.7 Å². The summed E-state index contributed by atoms with van der Waals surface area (Å²) in [6, 6.07) is 4.32. The topological polar surface area (TPSA) is 68.0 Å². The van der Waals surface area contributed by atoms with Crippen molar-refractivity contribution in [2.45, 2.75) is 38.4 Å². The average Bonchev–Trinajstić information content (AvgIpc) is 3.01. The van der Waals surface area contributed by atoms with Crippen molar-refractivity contribution < 1.29 is 9.90 Å². The van der Waals surface area contributed by atoms with Gasteiger partial charge in [0.2, 0.25) is 0 Å². The molecule has 0 saturated carbocycles. The molecule has 108 valence electrons. The van der Waals surface area contributed by atoms with Crippen LogP contribution in [-0.2, 0) is 11.2 Å². The van der Waals surface area contributed by atoms with Crippen LogP contribution in [0.4, 0.5) is 0 Å². The van der Waals surface area contributed by atoms with E-state index in [1.54, 1.807) is 11.3 Å². The summed E-state index contributed by atoms with van der Waals surface area (Å²) in [7, 11) is 0. The first-order valence-electron chi connectivity index (χ1n) is 6.37. The first-order chi connectivity index (χ1) is 9.52. The first kappa shape index (κ1) is 15.1. The van der Waals surface area contributed by atoms with Crippen LogP contribution in [0.5, 0.6) is 0 Å². The van der Waals surface area contributed by atoms with Crippen LogP contribution in [0, 0.1) is 6.92 Å². The Bertz CT molecular complexity index is 607. The maximum absolute atomic E-state index is 10.7. The molecule has 20 heavy (non-hydrogen) atoms. The molecular formula is C13H17N3O2S2. The Labute approximate surface area is 126 Å². The molecule has 5 nitrogen and oxygen atoms in total. The number of nitrogens with zero attached hydrogens (tertiary/aromatic N) is 3. The lowest BCUT2D eigenvalue weighted by Crippen LogP contribution is -2.11. The molecule has 1 atom stereocenters. The summed E-state index contributed by atoms with van der Waals surface area (Å²) < 4.78 is 2.04. The van der Waals surface area contributed by atoms with E-state index in [-0.39, 0.29) is 11.8 Å². The van der Waals surface area contributed by atoms with Crippen LogP contribution in [0.2, 0.25) is 0 Å². The third kappa shape index (κ3) is 3.21. The van der Waals surface area contributed by atoms with Crippen molar-refractivity contribution in [2.24, 2.45) is 0 Å². The van der Waals surface area contributed by atoms with E-state index in [0.717, 1.165) is 12.2 Å². The highest BCUT2D eigenvalue weighted by atomic mass is 32.2. The molecular weight excluding hydrogens is 294 g/mol. The minimum Gasteiger partial charge on any atom is -0.481 e. The van der Waals surface area contributed by atoms with E-state index < -0.39 is 5.97 Å². The maximum atomic E-state index is 10.7. The van der Waals surface area contributed by atoms with Gasteiger partial charge in [-0.2, -0.15) is 0 Å². The summed E-state index contributed by atoms with van der Waals surface area (Å²) in [4.78, 5) is 13.2. The molecule has 1 N–H and O–H groups in total. The summed E-state index contributed by atoms with van der Waals surface area (Å²) in [5.74, 6) is 0.0385. The zero-order chi connectivity index (χ0) is 14.7. The van der Waals surface area contributed by atoms with E-state index in [9.17, 15) is 4.79 Å². The fraction of sp³-hybridized carbons (Fsp3) is 0.462. The number of carbonyl (C=O) groups is 1. The van der Waals surface area contributed by atoms with Gasteiger partial charge in [0.25, 0.3) is 0 Å². The fourth-order valence-corrected chi connectivity index (χ4v) is 3.64. The third-order valence-corrected chi connectivity index (χ3v) is 5.04. The number of thiophene rings is 1. The number of carboxylic acids is 1. The van der Waals surface area contributed by atoms with E-state index in [1.165, 1.54) is 21.5 Å². The summed E-state index contributed by atoms with van der Waals surface area (Å²) >= 11 is 2.96. The molecule has 0 aromatic carbocycles. The quantitative estimate of drug-likeness (QED) is 0.831. The maximum Gasteiger partial charge on any atom is 0.313 e. The van der Waals surface area contributed by atoms with Gasteiger partial charge < -0.3 is 5.11 Å². The van der Waals surface area contributed by atoms with Gasteiger partial charge in [-0.15, -0.1) is 21.5 Å². The highest BCUT2D eigenvalue weighted by Gasteiger charge is 2.19. The van der Waals surface area contributed by atoms with E-state index in [2.05, 4.69) is 36.2 Å². The molecule has 0 amide bonds. The molecule has 0 saturated heterocycles. The Morgan fingerprint density at radius 3 is 2.80 bits per heavy atom. The molecule has 7 heteroatoms. The zero-order valence-corrected chi connectivity index (χ0v) is 13.3. The molecule has 0 aliphatic rings. The Morgan fingerprint density at radius 1 is 1.50 bits per heavy atom. The predicted molar refractivity (Wildman–Crippen MR) is 80.6 cm³/mol. The lowest BCUT2D eigenvalue weighted by Gasteiger charge is -2.16. The van der Waals surface area contributed by atoms with Gasteiger partial charge in [0.1, 0.15) is 5.82 Å². The summed E-state index contributed by atoms with van der Waals surface area (Å²) in [5.41, 5.74) is 0. The van der Waals surface area contributed by atoms with Gasteiger partial charge in [-0.3, -0.25) is 9.36 Å². The molecule has 2 heterocycles. The highest BCUT2D eigenvalue weighted by Crippen LogP contribution is 2.30. The van der Waals surface area contributed by atoms with Crippen LogP contribution in [0.3, 0.4) is 0 Å². The fourth-order valence-electron chi connectivity index (χ4n) is 1.97. The van der Waals surface area contributed by atoms with Crippen LogP contribution in [0.25, 0.3) is 0 Å². The number of rotatable bonds is 6. The minimum absolute atomic E-state index is 0.00195. The van der Waals surface area contributed by atoms with Gasteiger partial charge in [-0.25, -0.2) is 0 Å². The van der Waals surface area contributed by atoms with Crippen molar-refractivity contribution in [3.63, 3.8) is 0 Å². The van der Waals surface area contributed by atoms with Crippen LogP contribution in [0.1, 0.15) is 35.5 Å². The largest absolute Gasteiger partial charge is 0.481 e. The normalized spacial score (nSPS) is 12.6. The molecule has 0 radical (unpaired) electrons. The minimum atomic E-state index is -0.845. The Morgan fingerprint density at radius 2 is 2.25 bits per heavy atom. The highest BCUT2D eigenvalue weighted by molar-refractivity contribution is 7.99. The molecule has 0 spiro atoms. The summed E-state index contributed by atoms with van der Waals surface area (Å²) in [6.45, 7) is 6.20. The van der Waals surface area contributed by atoms with Crippen LogP contribution >= 0.6 is 23.1 Å². The molecule has 2 aromatic rings. The van der Waals surface area contributed by atoms with Gasteiger partial charge in [0.05, 0.1) is 11.8 Å². The Kier molecular flexibility index (Phi) is 4.82. The smallest absolute Gasteiger partial charge is 0.313 e.